The Kier molecular flexibility index (Phi) is 4.78. The van der Waals surface area contributed by atoms with E-state index in [0.717, 1.165) is 31.7 Å². The van der Waals surface area contributed by atoms with Crippen LogP contribution in [0.15, 0.2) is 16.9 Å². The van der Waals surface area contributed by atoms with Crippen LogP contribution in [0.1, 0.15) is 57.8 Å². The number of hydrogen-bond donors (Lipinski definition) is 1. The fraction of sp³-hybridized carbons (Fsp3) is 0.750. The van der Waals surface area contributed by atoms with Crippen molar-refractivity contribution >= 4 is 11.8 Å². The molecule has 21 heavy (non-hydrogen) atoms. The van der Waals surface area contributed by atoms with Crippen LogP contribution in [0.3, 0.4) is 0 Å². The summed E-state index contributed by atoms with van der Waals surface area (Å²) in [4.78, 5) is 14.3. The third-order valence-electron chi connectivity index (χ3n) is 4.94. The van der Waals surface area contributed by atoms with Crippen LogP contribution in [0, 0.1) is 5.92 Å². The van der Waals surface area contributed by atoms with E-state index in [1.54, 1.807) is 6.07 Å². The second-order valence-corrected chi connectivity index (χ2v) is 6.39. The van der Waals surface area contributed by atoms with Crippen molar-refractivity contribution in [3.63, 3.8) is 0 Å². The fourth-order valence-corrected chi connectivity index (χ4v) is 3.77. The van der Waals surface area contributed by atoms with E-state index < -0.39 is 0 Å². The minimum atomic E-state index is -0.0324. The van der Waals surface area contributed by atoms with Crippen LogP contribution in [0.5, 0.6) is 0 Å². The van der Waals surface area contributed by atoms with Gasteiger partial charge in [-0.05, 0) is 31.6 Å². The summed E-state index contributed by atoms with van der Waals surface area (Å²) >= 11 is 0. The third kappa shape index (κ3) is 3.77. The van der Waals surface area contributed by atoms with Crippen LogP contribution >= 0.6 is 0 Å². The van der Waals surface area contributed by atoms with Gasteiger partial charge in [0.15, 0.2) is 5.82 Å². The second kappa shape index (κ2) is 6.96. The van der Waals surface area contributed by atoms with Gasteiger partial charge in [0.2, 0.25) is 0 Å². The van der Waals surface area contributed by atoms with E-state index in [4.69, 9.17) is 4.52 Å². The highest BCUT2D eigenvalue weighted by molar-refractivity contribution is 5.88. The molecule has 0 unspecified atom stereocenters. The summed E-state index contributed by atoms with van der Waals surface area (Å²) in [6, 6.07) is 2.04. The normalized spacial score (nSPS) is 23.4. The van der Waals surface area contributed by atoms with Crippen molar-refractivity contribution in [1.82, 2.24) is 10.1 Å². The van der Waals surface area contributed by atoms with Crippen LogP contribution in [0.2, 0.25) is 0 Å². The second-order valence-electron chi connectivity index (χ2n) is 6.39. The van der Waals surface area contributed by atoms with Gasteiger partial charge in [-0.1, -0.05) is 37.3 Å². The van der Waals surface area contributed by atoms with E-state index in [1.807, 2.05) is 4.90 Å². The zero-order valence-corrected chi connectivity index (χ0v) is 12.6. The van der Waals surface area contributed by atoms with E-state index in [9.17, 15) is 4.79 Å². The van der Waals surface area contributed by atoms with Crippen molar-refractivity contribution in [3.05, 3.63) is 12.3 Å². The first-order valence-corrected chi connectivity index (χ1v) is 8.31. The highest BCUT2D eigenvalue weighted by Crippen LogP contribution is 2.30. The Morgan fingerprint density at radius 3 is 2.86 bits per heavy atom. The summed E-state index contributed by atoms with van der Waals surface area (Å²) in [7, 11) is 0. The molecule has 2 fully saturated rings. The lowest BCUT2D eigenvalue weighted by Gasteiger charge is -2.27. The van der Waals surface area contributed by atoms with Crippen molar-refractivity contribution in [1.29, 1.82) is 0 Å². The molecule has 1 atom stereocenters. The van der Waals surface area contributed by atoms with Crippen molar-refractivity contribution < 1.29 is 9.32 Å². The van der Waals surface area contributed by atoms with Crippen molar-refractivity contribution in [2.24, 2.45) is 5.92 Å². The van der Waals surface area contributed by atoms with Gasteiger partial charge < -0.3 is 9.42 Å². The molecule has 3 rings (SSSR count). The van der Waals surface area contributed by atoms with Gasteiger partial charge in [0.05, 0.1) is 0 Å². The number of rotatable bonds is 4. The SMILES string of the molecule is O=C(Nc1ccon1)N1CCC[C@@H]1CCC1CCCCC1. The molecule has 5 nitrogen and oxygen atoms in total. The molecule has 1 aliphatic carbocycles. The Balaban J connectivity index is 1.48. The molecule has 5 heteroatoms. The average molecular weight is 291 g/mol. The molecule has 0 aromatic carbocycles. The lowest BCUT2D eigenvalue weighted by Crippen LogP contribution is -2.39. The molecule has 1 saturated heterocycles. The van der Waals surface area contributed by atoms with Crippen LogP contribution in [0.25, 0.3) is 0 Å². The zero-order valence-electron chi connectivity index (χ0n) is 12.6. The molecule has 116 valence electrons. The number of urea groups is 1. The Hall–Kier alpha value is -1.52. The van der Waals surface area contributed by atoms with Gasteiger partial charge in [-0.15, -0.1) is 0 Å². The van der Waals surface area contributed by atoms with E-state index in [2.05, 4.69) is 10.5 Å². The lowest BCUT2D eigenvalue weighted by molar-refractivity contribution is 0.198. The summed E-state index contributed by atoms with van der Waals surface area (Å²) in [5.74, 6) is 1.39. The largest absolute Gasteiger partial charge is 0.363 e. The molecule has 1 saturated carbocycles. The van der Waals surface area contributed by atoms with Gasteiger partial charge >= 0.3 is 6.03 Å². The van der Waals surface area contributed by atoms with Gasteiger partial charge in [-0.25, -0.2) is 4.79 Å². The topological polar surface area (TPSA) is 58.4 Å². The summed E-state index contributed by atoms with van der Waals surface area (Å²) in [6.07, 6.45) is 13.1. The summed E-state index contributed by atoms with van der Waals surface area (Å²) in [6.45, 7) is 0.860. The molecule has 1 N–H and O–H groups in total. The van der Waals surface area contributed by atoms with Gasteiger partial charge in [-0.3, -0.25) is 5.32 Å². The molecule has 0 spiro atoms. The van der Waals surface area contributed by atoms with Crippen molar-refractivity contribution in [3.8, 4) is 0 Å². The van der Waals surface area contributed by atoms with E-state index >= 15 is 0 Å². The summed E-state index contributed by atoms with van der Waals surface area (Å²) in [5.41, 5.74) is 0. The average Bonchev–Trinajstić information content (AvgIpc) is 3.17. The summed E-state index contributed by atoms with van der Waals surface area (Å²) < 4.78 is 4.75. The molecule has 1 aromatic rings. The number of amides is 2. The van der Waals surface area contributed by atoms with Crippen LogP contribution < -0.4 is 5.32 Å². The smallest absolute Gasteiger partial charge is 0.323 e. The molecule has 1 aliphatic heterocycles. The van der Waals surface area contributed by atoms with Gasteiger partial charge in [0.25, 0.3) is 0 Å². The number of aromatic nitrogens is 1. The fourth-order valence-electron chi connectivity index (χ4n) is 3.77. The minimum Gasteiger partial charge on any atom is -0.363 e. The van der Waals surface area contributed by atoms with Crippen LogP contribution in [-0.4, -0.2) is 28.7 Å². The summed E-state index contributed by atoms with van der Waals surface area (Å²) in [5, 5.41) is 6.55. The lowest BCUT2D eigenvalue weighted by atomic mass is 9.85. The molecule has 2 heterocycles. The third-order valence-corrected chi connectivity index (χ3v) is 4.94. The standard InChI is InChI=1S/C16H25N3O2/c20-16(17-15-10-12-21-18-15)19-11-4-7-14(19)9-8-13-5-2-1-3-6-13/h10,12-14H,1-9,11H2,(H,17,18,20)/t14-/m1/s1. The molecule has 2 amide bonds. The maximum atomic E-state index is 12.3. The number of nitrogens with zero attached hydrogens (tertiary/aromatic N) is 2. The first-order valence-electron chi connectivity index (χ1n) is 8.31. The van der Waals surface area contributed by atoms with Crippen LogP contribution in [-0.2, 0) is 0 Å². The highest BCUT2D eigenvalue weighted by atomic mass is 16.5. The maximum absolute atomic E-state index is 12.3. The molecule has 0 bridgehead atoms. The Bertz CT molecular complexity index is 440. The van der Waals surface area contributed by atoms with E-state index in [1.165, 1.54) is 44.8 Å². The molecular formula is C16H25N3O2. The van der Waals surface area contributed by atoms with E-state index in [-0.39, 0.29) is 6.03 Å². The quantitative estimate of drug-likeness (QED) is 0.911. The molecule has 0 radical (unpaired) electrons. The maximum Gasteiger partial charge on any atom is 0.323 e. The number of carbonyl (C=O) groups is 1. The minimum absolute atomic E-state index is 0.0324. The van der Waals surface area contributed by atoms with Gasteiger partial charge in [-0.2, -0.15) is 0 Å². The first kappa shape index (κ1) is 14.4. The number of likely N-dealkylation sites (tertiary alicyclic amines) is 1. The number of nitrogens with one attached hydrogen (secondary N) is 1. The molecule has 2 aliphatic rings. The molecule has 1 aromatic heterocycles. The Morgan fingerprint density at radius 2 is 2.10 bits per heavy atom. The molecular weight excluding hydrogens is 266 g/mol. The Morgan fingerprint density at radius 1 is 1.24 bits per heavy atom. The zero-order chi connectivity index (χ0) is 14.5. The number of hydrogen-bond acceptors (Lipinski definition) is 3. The van der Waals surface area contributed by atoms with Crippen molar-refractivity contribution in [2.75, 3.05) is 11.9 Å². The van der Waals surface area contributed by atoms with Gasteiger partial charge in [0.1, 0.15) is 6.26 Å². The predicted molar refractivity (Wildman–Crippen MR) is 81.1 cm³/mol. The van der Waals surface area contributed by atoms with Gasteiger partial charge in [0, 0.05) is 18.7 Å². The number of anilines is 1. The highest BCUT2D eigenvalue weighted by Gasteiger charge is 2.29. The number of carbonyl (C=O) groups excluding carboxylic acids is 1. The monoisotopic (exact) mass is 291 g/mol. The first-order chi connectivity index (χ1) is 10.3. The van der Waals surface area contributed by atoms with E-state index in [0.29, 0.717) is 11.9 Å². The Labute approximate surface area is 126 Å². The van der Waals surface area contributed by atoms with Crippen LogP contribution in [0.4, 0.5) is 10.6 Å². The predicted octanol–water partition coefficient (Wildman–Crippen LogP) is 4.03. The van der Waals surface area contributed by atoms with Crippen molar-refractivity contribution in [2.45, 2.75) is 63.8 Å².